The molecule has 1 aromatic rings. The zero-order valence-corrected chi connectivity index (χ0v) is 14.1. The van der Waals surface area contributed by atoms with E-state index in [1.54, 1.807) is 4.90 Å². The number of hydrogen-bond donors (Lipinski definition) is 0. The van der Waals surface area contributed by atoms with Gasteiger partial charge in [0, 0.05) is 31.1 Å². The van der Waals surface area contributed by atoms with Crippen molar-refractivity contribution >= 4 is 29.1 Å². The number of anilines is 1. The molecule has 1 heterocycles. The van der Waals surface area contributed by atoms with Crippen molar-refractivity contribution in [3.05, 3.63) is 28.8 Å². The molecule has 132 valence electrons. The van der Waals surface area contributed by atoms with Crippen molar-refractivity contribution in [2.45, 2.75) is 26.4 Å². The maximum absolute atomic E-state index is 13.2. The third-order valence-electron chi connectivity index (χ3n) is 4.10. The summed E-state index contributed by atoms with van der Waals surface area (Å²) in [6.07, 6.45) is -4.73. The van der Waals surface area contributed by atoms with Gasteiger partial charge in [0.2, 0.25) is 11.8 Å². The highest BCUT2D eigenvalue weighted by Gasteiger charge is 2.41. The van der Waals surface area contributed by atoms with Gasteiger partial charge in [0.15, 0.2) is 0 Å². The molecule has 1 saturated heterocycles. The molecule has 1 aromatic carbocycles. The summed E-state index contributed by atoms with van der Waals surface area (Å²) in [5, 5.41) is -0.0616. The highest BCUT2D eigenvalue weighted by molar-refractivity contribution is 6.30. The zero-order valence-electron chi connectivity index (χ0n) is 13.4. The normalized spacial score (nSPS) is 18.2. The maximum atomic E-state index is 13.2. The van der Waals surface area contributed by atoms with Gasteiger partial charge in [0.1, 0.15) is 0 Å². The van der Waals surface area contributed by atoms with Gasteiger partial charge in [-0.2, -0.15) is 13.2 Å². The summed E-state index contributed by atoms with van der Waals surface area (Å²) in [5.41, 5.74) is -1.23. The number of rotatable bonds is 4. The van der Waals surface area contributed by atoms with E-state index in [1.165, 1.54) is 12.1 Å². The molecule has 1 unspecified atom stereocenters. The van der Waals surface area contributed by atoms with Gasteiger partial charge in [-0.1, -0.05) is 11.6 Å². The maximum Gasteiger partial charge on any atom is 0.418 e. The Morgan fingerprint density at radius 2 is 1.96 bits per heavy atom. The van der Waals surface area contributed by atoms with Crippen LogP contribution < -0.4 is 4.90 Å². The topological polar surface area (TPSA) is 40.6 Å². The highest BCUT2D eigenvalue weighted by atomic mass is 35.5. The Balaban J connectivity index is 2.32. The second-order valence-electron chi connectivity index (χ2n) is 5.58. The predicted molar refractivity (Wildman–Crippen MR) is 84.8 cm³/mol. The molecule has 0 radical (unpaired) electrons. The number of benzene rings is 1. The van der Waals surface area contributed by atoms with Crippen LogP contribution in [-0.4, -0.2) is 36.3 Å². The molecule has 0 N–H and O–H groups in total. The highest BCUT2D eigenvalue weighted by Crippen LogP contribution is 2.40. The number of carbonyl (C=O) groups excluding carboxylic acids is 2. The summed E-state index contributed by atoms with van der Waals surface area (Å²) in [6.45, 7) is 4.57. The average Bonchev–Trinajstić information content (AvgIpc) is 2.89. The lowest BCUT2D eigenvalue weighted by Crippen LogP contribution is -2.37. The molecule has 1 aliphatic rings. The summed E-state index contributed by atoms with van der Waals surface area (Å²) in [6, 6.07) is 3.27. The van der Waals surface area contributed by atoms with Crippen LogP contribution in [0.15, 0.2) is 18.2 Å². The Labute approximate surface area is 143 Å². The zero-order chi connectivity index (χ0) is 18.1. The molecule has 2 rings (SSSR count). The van der Waals surface area contributed by atoms with E-state index in [0.717, 1.165) is 11.0 Å². The molecule has 24 heavy (non-hydrogen) atoms. The minimum Gasteiger partial charge on any atom is -0.343 e. The third-order valence-corrected chi connectivity index (χ3v) is 4.34. The molecule has 0 saturated carbocycles. The van der Waals surface area contributed by atoms with Crippen molar-refractivity contribution in [3.63, 3.8) is 0 Å². The molecule has 0 bridgehead atoms. The van der Waals surface area contributed by atoms with Crippen LogP contribution in [0, 0.1) is 5.92 Å². The summed E-state index contributed by atoms with van der Waals surface area (Å²) >= 11 is 5.66. The number of nitrogens with zero attached hydrogens (tertiary/aromatic N) is 2. The molecule has 8 heteroatoms. The fraction of sp³-hybridized carbons (Fsp3) is 0.500. The number of hydrogen-bond acceptors (Lipinski definition) is 2. The second-order valence-corrected chi connectivity index (χ2v) is 6.01. The quantitative estimate of drug-likeness (QED) is 0.821. The molecular weight excluding hydrogens is 345 g/mol. The van der Waals surface area contributed by atoms with Gasteiger partial charge in [-0.25, -0.2) is 0 Å². The Hall–Kier alpha value is -1.76. The molecular formula is C16H18ClF3N2O2. The minimum absolute atomic E-state index is 0.0567. The third kappa shape index (κ3) is 3.66. The van der Waals surface area contributed by atoms with Crippen LogP contribution in [0.4, 0.5) is 18.9 Å². The Morgan fingerprint density at radius 3 is 2.50 bits per heavy atom. The van der Waals surface area contributed by atoms with Crippen LogP contribution in [0.25, 0.3) is 0 Å². The standard InChI is InChI=1S/C16H18ClF3N2O2/c1-3-21(4-2)15(24)10-7-14(23)22(9-10)13-6-5-11(17)8-12(13)16(18,19)20/h5-6,8,10H,3-4,7,9H2,1-2H3. The van der Waals surface area contributed by atoms with E-state index in [-0.39, 0.29) is 29.6 Å². The van der Waals surface area contributed by atoms with E-state index in [0.29, 0.717) is 13.1 Å². The first-order chi connectivity index (χ1) is 11.2. The summed E-state index contributed by atoms with van der Waals surface area (Å²) in [7, 11) is 0. The monoisotopic (exact) mass is 362 g/mol. The van der Waals surface area contributed by atoms with E-state index in [9.17, 15) is 22.8 Å². The van der Waals surface area contributed by atoms with Crippen molar-refractivity contribution in [3.8, 4) is 0 Å². The van der Waals surface area contributed by atoms with Crippen molar-refractivity contribution < 1.29 is 22.8 Å². The Kier molecular flexibility index (Phi) is 5.42. The van der Waals surface area contributed by atoms with Gasteiger partial charge in [-0.3, -0.25) is 9.59 Å². The first kappa shape index (κ1) is 18.6. The number of amides is 2. The summed E-state index contributed by atoms with van der Waals surface area (Å²) < 4.78 is 39.7. The smallest absolute Gasteiger partial charge is 0.343 e. The lowest BCUT2D eigenvalue weighted by molar-refractivity contribution is -0.137. The Morgan fingerprint density at radius 1 is 1.33 bits per heavy atom. The van der Waals surface area contributed by atoms with E-state index in [2.05, 4.69) is 0 Å². The van der Waals surface area contributed by atoms with Crippen molar-refractivity contribution in [2.24, 2.45) is 5.92 Å². The second kappa shape index (κ2) is 7.01. The molecule has 2 amide bonds. The van der Waals surface area contributed by atoms with Crippen molar-refractivity contribution in [1.82, 2.24) is 4.90 Å². The molecule has 1 atom stereocenters. The molecule has 1 aliphatic heterocycles. The predicted octanol–water partition coefficient (Wildman–Crippen LogP) is 3.58. The number of carbonyl (C=O) groups is 2. The van der Waals surface area contributed by atoms with Gasteiger partial charge in [0.25, 0.3) is 0 Å². The first-order valence-corrected chi connectivity index (χ1v) is 8.02. The van der Waals surface area contributed by atoms with Crippen molar-refractivity contribution in [1.29, 1.82) is 0 Å². The SMILES string of the molecule is CCN(CC)C(=O)C1CC(=O)N(c2ccc(Cl)cc2C(F)(F)F)C1. The number of alkyl halides is 3. The largest absolute Gasteiger partial charge is 0.418 e. The van der Waals surface area contributed by atoms with E-state index in [1.807, 2.05) is 13.8 Å². The molecule has 0 aromatic heterocycles. The first-order valence-electron chi connectivity index (χ1n) is 7.64. The van der Waals surface area contributed by atoms with E-state index in [4.69, 9.17) is 11.6 Å². The van der Waals surface area contributed by atoms with Crippen LogP contribution in [-0.2, 0) is 15.8 Å². The van der Waals surface area contributed by atoms with Crippen LogP contribution in [0.5, 0.6) is 0 Å². The van der Waals surface area contributed by atoms with E-state index >= 15 is 0 Å². The minimum atomic E-state index is -4.64. The summed E-state index contributed by atoms with van der Waals surface area (Å²) in [5.74, 6) is -1.33. The number of halogens is 4. The van der Waals surface area contributed by atoms with Gasteiger partial charge in [-0.05, 0) is 32.0 Å². The average molecular weight is 363 g/mol. The molecule has 1 fully saturated rings. The van der Waals surface area contributed by atoms with Gasteiger partial charge >= 0.3 is 6.18 Å². The van der Waals surface area contributed by atoms with Crippen molar-refractivity contribution in [2.75, 3.05) is 24.5 Å². The van der Waals surface area contributed by atoms with Crippen LogP contribution >= 0.6 is 11.6 Å². The molecule has 0 spiro atoms. The van der Waals surface area contributed by atoms with Gasteiger partial charge in [-0.15, -0.1) is 0 Å². The lowest BCUT2D eigenvalue weighted by Gasteiger charge is -2.24. The Bertz CT molecular complexity index is 645. The fourth-order valence-corrected chi connectivity index (χ4v) is 3.04. The van der Waals surface area contributed by atoms with Gasteiger partial charge in [0.05, 0.1) is 17.2 Å². The fourth-order valence-electron chi connectivity index (χ4n) is 2.87. The van der Waals surface area contributed by atoms with Crippen LogP contribution in [0.2, 0.25) is 5.02 Å². The van der Waals surface area contributed by atoms with E-state index < -0.39 is 23.6 Å². The van der Waals surface area contributed by atoms with Crippen LogP contribution in [0.3, 0.4) is 0 Å². The van der Waals surface area contributed by atoms with Crippen LogP contribution in [0.1, 0.15) is 25.8 Å². The molecule has 0 aliphatic carbocycles. The summed E-state index contributed by atoms with van der Waals surface area (Å²) in [4.78, 5) is 27.2. The van der Waals surface area contributed by atoms with Gasteiger partial charge < -0.3 is 9.80 Å². The molecule has 4 nitrogen and oxygen atoms in total. The lowest BCUT2D eigenvalue weighted by atomic mass is 10.1.